The summed E-state index contributed by atoms with van der Waals surface area (Å²) >= 11 is 0. The smallest absolute Gasteiger partial charge is 0.243 e. The molecular weight excluding hydrogens is 348 g/mol. The Bertz CT molecular complexity index is 870. The minimum absolute atomic E-state index is 0.161. The number of sulfonamides is 1. The molecular formula is C20H24N2O3S. The van der Waals surface area contributed by atoms with Crippen LogP contribution in [0.2, 0.25) is 0 Å². The van der Waals surface area contributed by atoms with Gasteiger partial charge in [-0.25, -0.2) is 8.42 Å². The Morgan fingerprint density at radius 2 is 1.54 bits per heavy atom. The standard InChI is InChI=1S/C20H24N2O3S/c1-15-3-7-17(8-4-15)13-22(14-20(23)21-18-9-10-18)26(24,25)19-11-5-16(2)6-12-19/h3-8,11-12,18H,9-10,13-14H2,1-2H3,(H,21,23). The minimum Gasteiger partial charge on any atom is -0.352 e. The molecule has 1 aliphatic rings. The summed E-state index contributed by atoms with van der Waals surface area (Å²) in [6.07, 6.45) is 1.93. The summed E-state index contributed by atoms with van der Waals surface area (Å²) in [5, 5.41) is 2.87. The Labute approximate surface area is 155 Å². The number of carbonyl (C=O) groups is 1. The molecule has 0 unspecified atom stereocenters. The lowest BCUT2D eigenvalue weighted by Gasteiger charge is -2.22. The van der Waals surface area contributed by atoms with Crippen LogP contribution in [-0.4, -0.2) is 31.2 Å². The molecule has 0 heterocycles. The lowest BCUT2D eigenvalue weighted by Crippen LogP contribution is -2.41. The molecule has 5 nitrogen and oxygen atoms in total. The van der Waals surface area contributed by atoms with Gasteiger partial charge in [-0.15, -0.1) is 0 Å². The highest BCUT2D eigenvalue weighted by atomic mass is 32.2. The Morgan fingerprint density at radius 1 is 1.00 bits per heavy atom. The number of hydrogen-bond acceptors (Lipinski definition) is 3. The normalized spacial score (nSPS) is 14.4. The number of nitrogens with zero attached hydrogens (tertiary/aromatic N) is 1. The predicted molar refractivity (Wildman–Crippen MR) is 101 cm³/mol. The van der Waals surface area contributed by atoms with E-state index in [-0.39, 0.29) is 29.9 Å². The molecule has 6 heteroatoms. The third kappa shape index (κ3) is 4.71. The number of carbonyl (C=O) groups excluding carboxylic acids is 1. The third-order valence-electron chi connectivity index (χ3n) is 4.40. The number of amides is 1. The van der Waals surface area contributed by atoms with Crippen LogP contribution in [0.15, 0.2) is 53.4 Å². The number of benzene rings is 2. The molecule has 1 aliphatic carbocycles. The molecule has 1 saturated carbocycles. The molecule has 1 fully saturated rings. The topological polar surface area (TPSA) is 66.5 Å². The first kappa shape index (κ1) is 18.6. The summed E-state index contributed by atoms with van der Waals surface area (Å²) in [4.78, 5) is 12.5. The fourth-order valence-electron chi connectivity index (χ4n) is 2.64. The molecule has 0 bridgehead atoms. The highest BCUT2D eigenvalue weighted by Crippen LogP contribution is 2.21. The van der Waals surface area contributed by atoms with Crippen LogP contribution in [-0.2, 0) is 21.4 Å². The van der Waals surface area contributed by atoms with Crippen molar-refractivity contribution in [3.05, 3.63) is 65.2 Å². The Hall–Kier alpha value is -2.18. The van der Waals surface area contributed by atoms with Crippen LogP contribution in [0.5, 0.6) is 0 Å². The van der Waals surface area contributed by atoms with E-state index in [1.165, 1.54) is 4.31 Å². The average Bonchev–Trinajstić information content (AvgIpc) is 3.40. The monoisotopic (exact) mass is 372 g/mol. The number of hydrogen-bond donors (Lipinski definition) is 1. The molecule has 26 heavy (non-hydrogen) atoms. The zero-order chi connectivity index (χ0) is 18.7. The molecule has 0 radical (unpaired) electrons. The van der Waals surface area contributed by atoms with Crippen molar-refractivity contribution in [2.75, 3.05) is 6.54 Å². The molecule has 2 aromatic rings. The van der Waals surface area contributed by atoms with E-state index >= 15 is 0 Å². The van der Waals surface area contributed by atoms with Crippen molar-refractivity contribution in [1.82, 2.24) is 9.62 Å². The van der Waals surface area contributed by atoms with Crippen molar-refractivity contribution in [1.29, 1.82) is 0 Å². The van der Waals surface area contributed by atoms with Crippen molar-refractivity contribution in [3.8, 4) is 0 Å². The minimum atomic E-state index is -3.76. The summed E-state index contributed by atoms with van der Waals surface area (Å²) in [5.41, 5.74) is 2.94. The SMILES string of the molecule is Cc1ccc(CN(CC(=O)NC2CC2)S(=O)(=O)c2ccc(C)cc2)cc1. The van der Waals surface area contributed by atoms with Gasteiger partial charge in [-0.2, -0.15) is 4.31 Å². The highest BCUT2D eigenvalue weighted by Gasteiger charge is 2.29. The second-order valence-electron chi connectivity index (χ2n) is 6.91. The number of rotatable bonds is 7. The van der Waals surface area contributed by atoms with Crippen LogP contribution in [0.1, 0.15) is 29.5 Å². The Balaban J connectivity index is 1.85. The Kier molecular flexibility index (Phi) is 5.44. The molecule has 0 atom stereocenters. The van der Waals surface area contributed by atoms with Crippen LogP contribution < -0.4 is 5.32 Å². The first-order chi connectivity index (χ1) is 12.3. The quantitative estimate of drug-likeness (QED) is 0.813. The van der Waals surface area contributed by atoms with E-state index in [0.29, 0.717) is 0 Å². The van der Waals surface area contributed by atoms with E-state index in [1.54, 1.807) is 24.3 Å². The van der Waals surface area contributed by atoms with Gasteiger partial charge in [0.15, 0.2) is 0 Å². The lowest BCUT2D eigenvalue weighted by molar-refractivity contribution is -0.121. The highest BCUT2D eigenvalue weighted by molar-refractivity contribution is 7.89. The summed E-state index contributed by atoms with van der Waals surface area (Å²) < 4.78 is 27.4. The number of nitrogens with one attached hydrogen (secondary N) is 1. The molecule has 1 N–H and O–H groups in total. The summed E-state index contributed by atoms with van der Waals surface area (Å²) in [7, 11) is -3.76. The Morgan fingerprint density at radius 3 is 2.08 bits per heavy atom. The van der Waals surface area contributed by atoms with Gasteiger partial charge in [0.1, 0.15) is 0 Å². The van der Waals surface area contributed by atoms with Gasteiger partial charge in [-0.3, -0.25) is 4.79 Å². The zero-order valence-electron chi connectivity index (χ0n) is 15.1. The zero-order valence-corrected chi connectivity index (χ0v) is 15.9. The fraction of sp³-hybridized carbons (Fsp3) is 0.350. The van der Waals surface area contributed by atoms with Gasteiger partial charge in [-0.1, -0.05) is 47.5 Å². The van der Waals surface area contributed by atoms with Gasteiger partial charge < -0.3 is 5.32 Å². The van der Waals surface area contributed by atoms with Gasteiger partial charge >= 0.3 is 0 Å². The average molecular weight is 372 g/mol. The van der Waals surface area contributed by atoms with Crippen molar-refractivity contribution in [2.45, 2.75) is 44.2 Å². The molecule has 0 aromatic heterocycles. The van der Waals surface area contributed by atoms with Crippen molar-refractivity contribution in [3.63, 3.8) is 0 Å². The lowest BCUT2D eigenvalue weighted by atomic mass is 10.1. The van der Waals surface area contributed by atoms with Crippen LogP contribution in [0.3, 0.4) is 0 Å². The molecule has 0 saturated heterocycles. The van der Waals surface area contributed by atoms with Gasteiger partial charge in [0.05, 0.1) is 11.4 Å². The maximum atomic E-state index is 13.1. The molecule has 0 spiro atoms. The van der Waals surface area contributed by atoms with E-state index in [2.05, 4.69) is 5.32 Å². The molecule has 2 aromatic carbocycles. The maximum absolute atomic E-state index is 13.1. The fourth-order valence-corrected chi connectivity index (χ4v) is 4.03. The van der Waals surface area contributed by atoms with E-state index in [0.717, 1.165) is 29.5 Å². The van der Waals surface area contributed by atoms with E-state index in [9.17, 15) is 13.2 Å². The maximum Gasteiger partial charge on any atom is 0.243 e. The van der Waals surface area contributed by atoms with Gasteiger partial charge in [0.2, 0.25) is 15.9 Å². The first-order valence-corrected chi connectivity index (χ1v) is 10.2. The van der Waals surface area contributed by atoms with Crippen molar-refractivity contribution >= 4 is 15.9 Å². The van der Waals surface area contributed by atoms with Crippen LogP contribution in [0.25, 0.3) is 0 Å². The molecule has 0 aliphatic heterocycles. The first-order valence-electron chi connectivity index (χ1n) is 8.76. The van der Waals surface area contributed by atoms with Crippen molar-refractivity contribution < 1.29 is 13.2 Å². The summed E-state index contributed by atoms with van der Waals surface area (Å²) in [5.74, 6) is -0.254. The van der Waals surface area contributed by atoms with Gasteiger partial charge in [-0.05, 0) is 44.4 Å². The summed E-state index contributed by atoms with van der Waals surface area (Å²) in [6.45, 7) is 3.87. The molecule has 138 valence electrons. The van der Waals surface area contributed by atoms with E-state index in [1.807, 2.05) is 38.1 Å². The van der Waals surface area contributed by atoms with E-state index in [4.69, 9.17) is 0 Å². The second kappa shape index (κ2) is 7.60. The van der Waals surface area contributed by atoms with Crippen LogP contribution >= 0.6 is 0 Å². The van der Waals surface area contributed by atoms with Crippen LogP contribution in [0, 0.1) is 13.8 Å². The largest absolute Gasteiger partial charge is 0.352 e. The second-order valence-corrected chi connectivity index (χ2v) is 8.85. The van der Waals surface area contributed by atoms with Crippen LogP contribution in [0.4, 0.5) is 0 Å². The van der Waals surface area contributed by atoms with E-state index < -0.39 is 10.0 Å². The molecule has 1 amide bonds. The van der Waals surface area contributed by atoms with Gasteiger partial charge in [0, 0.05) is 12.6 Å². The van der Waals surface area contributed by atoms with Crippen molar-refractivity contribution in [2.24, 2.45) is 0 Å². The summed E-state index contributed by atoms with van der Waals surface area (Å²) in [6, 6.07) is 14.6. The number of aryl methyl sites for hydroxylation is 2. The molecule has 3 rings (SSSR count). The third-order valence-corrected chi connectivity index (χ3v) is 6.21. The predicted octanol–water partition coefficient (Wildman–Crippen LogP) is 2.77. The van der Waals surface area contributed by atoms with Gasteiger partial charge in [0.25, 0.3) is 0 Å².